The van der Waals surface area contributed by atoms with Crippen LogP contribution in [0.2, 0.25) is 0 Å². The lowest BCUT2D eigenvalue weighted by molar-refractivity contribution is -0.297. The van der Waals surface area contributed by atoms with Crippen LogP contribution in [0.5, 0.6) is 0 Å². The van der Waals surface area contributed by atoms with E-state index in [1.165, 1.54) is 0 Å². The lowest BCUT2D eigenvalue weighted by Gasteiger charge is -2.43. The molecule has 10 heteroatoms. The Labute approximate surface area is 290 Å². The molecule has 1 heterocycles. The van der Waals surface area contributed by atoms with Crippen LogP contribution in [0.1, 0.15) is 182 Å². The van der Waals surface area contributed by atoms with Crippen LogP contribution in [-0.2, 0) is 42.9 Å². The molecule has 0 radical (unpaired) electrons. The molecule has 1 saturated heterocycles. The first-order valence-electron chi connectivity index (χ1n) is 19.3. The Kier molecular flexibility index (Phi) is 26.1. The second kappa shape index (κ2) is 28.6. The van der Waals surface area contributed by atoms with Gasteiger partial charge in [-0.25, -0.2) is 0 Å². The Balaban J connectivity index is 3.12. The number of rotatable bonds is 29. The largest absolute Gasteiger partial charge is 0.463 e. The van der Waals surface area contributed by atoms with Gasteiger partial charge in [-0.2, -0.15) is 0 Å². The maximum Gasteiger partial charge on any atom is 0.306 e. The van der Waals surface area contributed by atoms with Crippen molar-refractivity contribution < 1.29 is 48.0 Å². The van der Waals surface area contributed by atoms with E-state index in [1.54, 1.807) is 0 Å². The van der Waals surface area contributed by atoms with E-state index in [4.69, 9.17) is 23.7 Å². The Morgan fingerprint density at radius 3 is 1.19 bits per heavy atom. The Hall–Kier alpha value is -2.20. The summed E-state index contributed by atoms with van der Waals surface area (Å²) in [5, 5.41) is 11.1. The molecule has 1 aliphatic rings. The van der Waals surface area contributed by atoms with Gasteiger partial charge in [0.15, 0.2) is 24.6 Å². The van der Waals surface area contributed by atoms with Crippen molar-refractivity contribution in [2.45, 2.75) is 213 Å². The summed E-state index contributed by atoms with van der Waals surface area (Å²) in [5.41, 5.74) is 0. The van der Waals surface area contributed by atoms with E-state index in [0.29, 0.717) is 25.7 Å². The minimum absolute atomic E-state index is 0.130. The zero-order chi connectivity index (χ0) is 35.4. The molecule has 0 bridgehead atoms. The molecular formula is C38H68O10. The second-order valence-corrected chi connectivity index (χ2v) is 13.3. The normalized spacial score (nSPS) is 20.6. The number of aliphatic hydroxyl groups is 1. The predicted octanol–water partition coefficient (Wildman–Crippen LogP) is 8.42. The van der Waals surface area contributed by atoms with Crippen molar-refractivity contribution in [2.75, 3.05) is 6.61 Å². The smallest absolute Gasteiger partial charge is 0.306 e. The maximum absolute atomic E-state index is 13.1. The fraction of sp³-hybridized carbons (Fsp3) is 0.895. The van der Waals surface area contributed by atoms with Gasteiger partial charge < -0.3 is 28.8 Å². The molecule has 10 nitrogen and oxygen atoms in total. The average molecular weight is 685 g/mol. The summed E-state index contributed by atoms with van der Waals surface area (Å²) in [6.45, 7) is 8.16. The van der Waals surface area contributed by atoms with Crippen LogP contribution in [0.3, 0.4) is 0 Å². The minimum Gasteiger partial charge on any atom is -0.463 e. The number of esters is 4. The number of ether oxygens (including phenoxy) is 5. The summed E-state index contributed by atoms with van der Waals surface area (Å²) >= 11 is 0. The minimum atomic E-state index is -1.68. The fourth-order valence-electron chi connectivity index (χ4n) is 5.80. The van der Waals surface area contributed by atoms with Gasteiger partial charge in [-0.1, -0.05) is 130 Å². The summed E-state index contributed by atoms with van der Waals surface area (Å²) < 4.78 is 28.8. The average Bonchev–Trinajstić information content (AvgIpc) is 3.06. The van der Waals surface area contributed by atoms with E-state index < -0.39 is 54.6 Å². The molecule has 1 fully saturated rings. The second-order valence-electron chi connectivity index (χ2n) is 13.3. The molecule has 0 spiro atoms. The maximum atomic E-state index is 13.1. The predicted molar refractivity (Wildman–Crippen MR) is 185 cm³/mol. The van der Waals surface area contributed by atoms with E-state index in [-0.39, 0.29) is 32.3 Å². The Morgan fingerprint density at radius 2 is 0.792 bits per heavy atom. The molecule has 1 aliphatic heterocycles. The summed E-state index contributed by atoms with van der Waals surface area (Å²) in [7, 11) is 0. The number of carbonyl (C=O) groups is 4. The topological polar surface area (TPSA) is 135 Å². The van der Waals surface area contributed by atoms with Crippen LogP contribution in [0, 0.1) is 0 Å². The molecule has 0 aromatic carbocycles. The molecular weight excluding hydrogens is 616 g/mol. The van der Waals surface area contributed by atoms with Gasteiger partial charge in [0.1, 0.15) is 12.7 Å². The van der Waals surface area contributed by atoms with Gasteiger partial charge in [0.2, 0.25) is 0 Å². The van der Waals surface area contributed by atoms with Crippen LogP contribution in [-0.4, -0.2) is 66.3 Å². The number of unbranched alkanes of at least 4 members (excludes halogenated alkanes) is 16. The highest BCUT2D eigenvalue weighted by Crippen LogP contribution is 2.30. The molecule has 0 unspecified atom stereocenters. The van der Waals surface area contributed by atoms with Crippen molar-refractivity contribution in [1.29, 1.82) is 0 Å². The highest BCUT2D eigenvalue weighted by atomic mass is 16.7. The molecule has 5 atom stereocenters. The third-order valence-corrected chi connectivity index (χ3v) is 8.76. The van der Waals surface area contributed by atoms with Crippen LogP contribution >= 0.6 is 0 Å². The van der Waals surface area contributed by atoms with Crippen LogP contribution in [0.15, 0.2) is 0 Å². The molecule has 0 aromatic heterocycles. The highest BCUT2D eigenvalue weighted by Gasteiger charge is 2.52. The van der Waals surface area contributed by atoms with Crippen molar-refractivity contribution in [3.63, 3.8) is 0 Å². The molecule has 0 aromatic rings. The number of carbonyl (C=O) groups excluding carboxylic acids is 4. The van der Waals surface area contributed by atoms with Crippen molar-refractivity contribution in [3.8, 4) is 0 Å². The van der Waals surface area contributed by atoms with Gasteiger partial charge in [-0.05, 0) is 25.7 Å². The number of hydrogen-bond donors (Lipinski definition) is 1. The highest BCUT2D eigenvalue weighted by molar-refractivity contribution is 5.72. The first-order chi connectivity index (χ1) is 23.3. The van der Waals surface area contributed by atoms with Crippen molar-refractivity contribution in [3.05, 3.63) is 0 Å². The van der Waals surface area contributed by atoms with Crippen molar-refractivity contribution in [2.24, 2.45) is 0 Å². The molecule has 0 saturated carbocycles. The summed E-state index contributed by atoms with van der Waals surface area (Å²) in [5.74, 6) is -2.06. The van der Waals surface area contributed by atoms with Crippen LogP contribution in [0.25, 0.3) is 0 Å². The van der Waals surface area contributed by atoms with Gasteiger partial charge in [0, 0.05) is 25.7 Å². The molecule has 1 rings (SSSR count). The quantitative estimate of drug-likeness (QED) is 0.0465. The SMILES string of the molecule is CCCCCCCC(=O)OC[C@H]1O[C@@H](O)[C@@H](OC(=O)CCCCCCC)[C@@H](OC(=O)CCCCCCC)[C@@H]1OC(=O)CCCCCCC. The third kappa shape index (κ3) is 20.3. The van der Waals surface area contributed by atoms with Gasteiger partial charge in [-0.3, -0.25) is 19.2 Å². The lowest BCUT2D eigenvalue weighted by Crippen LogP contribution is -2.62. The Bertz CT molecular complexity index is 862. The monoisotopic (exact) mass is 684 g/mol. The van der Waals surface area contributed by atoms with Gasteiger partial charge in [0.05, 0.1) is 0 Å². The fourth-order valence-corrected chi connectivity index (χ4v) is 5.80. The summed E-state index contributed by atoms with van der Waals surface area (Å²) in [6, 6.07) is 0. The van der Waals surface area contributed by atoms with Gasteiger partial charge >= 0.3 is 23.9 Å². The van der Waals surface area contributed by atoms with Crippen LogP contribution in [0.4, 0.5) is 0 Å². The molecule has 48 heavy (non-hydrogen) atoms. The van der Waals surface area contributed by atoms with Crippen molar-refractivity contribution >= 4 is 23.9 Å². The number of aliphatic hydroxyl groups excluding tert-OH is 1. The van der Waals surface area contributed by atoms with E-state index in [9.17, 15) is 24.3 Å². The van der Waals surface area contributed by atoms with Gasteiger partial charge in [-0.15, -0.1) is 0 Å². The van der Waals surface area contributed by atoms with Crippen LogP contribution < -0.4 is 0 Å². The first-order valence-corrected chi connectivity index (χ1v) is 19.3. The Morgan fingerprint density at radius 1 is 0.458 bits per heavy atom. The zero-order valence-corrected chi connectivity index (χ0v) is 30.7. The van der Waals surface area contributed by atoms with E-state index >= 15 is 0 Å². The third-order valence-electron chi connectivity index (χ3n) is 8.76. The van der Waals surface area contributed by atoms with Gasteiger partial charge in [0.25, 0.3) is 0 Å². The molecule has 0 amide bonds. The molecule has 0 aliphatic carbocycles. The molecule has 280 valence electrons. The number of hydrogen-bond acceptors (Lipinski definition) is 10. The van der Waals surface area contributed by atoms with E-state index in [1.807, 2.05) is 0 Å². The summed E-state index contributed by atoms with van der Waals surface area (Å²) in [4.78, 5) is 51.7. The van der Waals surface area contributed by atoms with E-state index in [0.717, 1.165) is 103 Å². The zero-order valence-electron chi connectivity index (χ0n) is 30.7. The van der Waals surface area contributed by atoms with Crippen molar-refractivity contribution in [1.82, 2.24) is 0 Å². The summed E-state index contributed by atoms with van der Waals surface area (Å²) in [6.07, 6.45) is 12.7. The standard InChI is InChI=1S/C38H68O10/c1-5-9-13-17-21-25-31(39)44-29-30-35(46-32(40)26-22-18-14-10-6-2)36(47-33(41)27-23-19-15-11-7-3)37(38(43)45-30)48-34(42)28-24-20-16-12-8-4/h30,35-38,43H,5-29H2,1-4H3/t30-,35-,36+,37+,38-/m1/s1. The first kappa shape index (κ1) is 43.8. The molecule has 1 N–H and O–H groups in total. The van der Waals surface area contributed by atoms with E-state index in [2.05, 4.69) is 27.7 Å². The lowest BCUT2D eigenvalue weighted by atomic mass is 9.98.